The quantitative estimate of drug-likeness (QED) is 0.424. The number of nitro benzene ring substituents is 2. The van der Waals surface area contributed by atoms with Gasteiger partial charge in [0.05, 0.1) is 15.9 Å². The highest BCUT2D eigenvalue weighted by Crippen LogP contribution is 2.29. The Labute approximate surface area is 140 Å². The first-order valence-corrected chi connectivity index (χ1v) is 7.18. The number of nitrogens with zero attached hydrogens (tertiary/aromatic N) is 3. The van der Waals surface area contributed by atoms with E-state index in [-0.39, 0.29) is 11.4 Å². The van der Waals surface area contributed by atoms with Crippen LogP contribution < -0.4 is 5.43 Å². The van der Waals surface area contributed by atoms with E-state index in [4.69, 9.17) is 4.42 Å². The van der Waals surface area contributed by atoms with Crippen molar-refractivity contribution in [1.29, 1.82) is 0 Å². The predicted molar refractivity (Wildman–Crippen MR) is 91.8 cm³/mol. The first-order chi connectivity index (χ1) is 12.0. The predicted octanol–water partition coefficient (Wildman–Crippen LogP) is 4.09. The van der Waals surface area contributed by atoms with E-state index >= 15 is 0 Å². The second-order valence-corrected chi connectivity index (χ2v) is 5.17. The van der Waals surface area contributed by atoms with Crippen molar-refractivity contribution in [2.24, 2.45) is 5.10 Å². The zero-order valence-electron chi connectivity index (χ0n) is 13.0. The summed E-state index contributed by atoms with van der Waals surface area (Å²) in [5, 5.41) is 26.8. The van der Waals surface area contributed by atoms with Crippen LogP contribution in [-0.2, 0) is 0 Å². The van der Waals surface area contributed by atoms with Crippen molar-refractivity contribution in [3.63, 3.8) is 0 Å². The third kappa shape index (κ3) is 3.29. The lowest BCUT2D eigenvalue weighted by molar-refractivity contribution is -0.393. The lowest BCUT2D eigenvalue weighted by Crippen LogP contribution is -2.01. The number of hydrogen-bond donors (Lipinski definition) is 1. The molecule has 0 spiro atoms. The van der Waals surface area contributed by atoms with Gasteiger partial charge in [-0.3, -0.25) is 25.7 Å². The maximum Gasteiger partial charge on any atom is 0.301 e. The molecule has 126 valence electrons. The van der Waals surface area contributed by atoms with Gasteiger partial charge < -0.3 is 4.42 Å². The van der Waals surface area contributed by atoms with Crippen LogP contribution in [0.5, 0.6) is 0 Å². The van der Waals surface area contributed by atoms with Crippen LogP contribution in [0.3, 0.4) is 0 Å². The summed E-state index contributed by atoms with van der Waals surface area (Å²) in [5.41, 5.74) is 2.99. The summed E-state index contributed by atoms with van der Waals surface area (Å²) in [6.45, 7) is 1.68. The number of fused-ring (bicyclic) bond motifs is 1. The van der Waals surface area contributed by atoms with Gasteiger partial charge in [0.2, 0.25) is 0 Å². The van der Waals surface area contributed by atoms with Crippen molar-refractivity contribution in [3.8, 4) is 0 Å². The number of anilines is 1. The molecular formula is C16H12N4O5. The second-order valence-electron chi connectivity index (χ2n) is 5.17. The summed E-state index contributed by atoms with van der Waals surface area (Å²) in [6.07, 6.45) is 0. The molecule has 2 aromatic carbocycles. The molecule has 0 radical (unpaired) electrons. The molecular weight excluding hydrogens is 328 g/mol. The summed E-state index contributed by atoms with van der Waals surface area (Å²) in [7, 11) is 0. The van der Waals surface area contributed by atoms with E-state index in [0.29, 0.717) is 17.1 Å². The maximum absolute atomic E-state index is 11.1. The molecule has 0 atom stereocenters. The van der Waals surface area contributed by atoms with Gasteiger partial charge in [0.1, 0.15) is 17.0 Å². The molecule has 0 amide bonds. The third-order valence-corrected chi connectivity index (χ3v) is 3.52. The first kappa shape index (κ1) is 16.1. The van der Waals surface area contributed by atoms with Crippen molar-refractivity contribution in [1.82, 2.24) is 0 Å². The zero-order chi connectivity index (χ0) is 18.0. The van der Waals surface area contributed by atoms with Gasteiger partial charge in [-0.1, -0.05) is 18.2 Å². The molecule has 0 saturated heterocycles. The Morgan fingerprint density at radius 2 is 1.84 bits per heavy atom. The number of hydrogen-bond acceptors (Lipinski definition) is 7. The Morgan fingerprint density at radius 1 is 1.08 bits per heavy atom. The van der Waals surface area contributed by atoms with Gasteiger partial charge >= 0.3 is 5.69 Å². The number of rotatable bonds is 5. The van der Waals surface area contributed by atoms with Crippen molar-refractivity contribution < 1.29 is 14.3 Å². The molecule has 0 aliphatic rings. The van der Waals surface area contributed by atoms with Gasteiger partial charge in [0.25, 0.3) is 5.69 Å². The number of nitrogens with one attached hydrogen (secondary N) is 1. The normalized spacial score (nSPS) is 11.5. The van der Waals surface area contributed by atoms with E-state index in [9.17, 15) is 20.2 Å². The van der Waals surface area contributed by atoms with E-state index in [2.05, 4.69) is 10.5 Å². The highest BCUT2D eigenvalue weighted by molar-refractivity contribution is 6.00. The van der Waals surface area contributed by atoms with Gasteiger partial charge in [-0.15, -0.1) is 0 Å². The fourth-order valence-electron chi connectivity index (χ4n) is 2.24. The van der Waals surface area contributed by atoms with Crippen LogP contribution in [0.2, 0.25) is 0 Å². The number of benzene rings is 2. The van der Waals surface area contributed by atoms with Gasteiger partial charge in [-0.05, 0) is 25.1 Å². The van der Waals surface area contributed by atoms with Gasteiger partial charge in [-0.2, -0.15) is 5.10 Å². The van der Waals surface area contributed by atoms with Gasteiger partial charge in [-0.25, -0.2) is 0 Å². The molecule has 0 fully saturated rings. The van der Waals surface area contributed by atoms with Crippen molar-refractivity contribution in [2.45, 2.75) is 6.92 Å². The monoisotopic (exact) mass is 340 g/mol. The molecule has 9 nitrogen and oxygen atoms in total. The highest BCUT2D eigenvalue weighted by atomic mass is 16.6. The minimum atomic E-state index is -0.707. The Kier molecular flexibility index (Phi) is 4.12. The van der Waals surface area contributed by atoms with Crippen LogP contribution in [0, 0.1) is 20.2 Å². The van der Waals surface area contributed by atoms with E-state index in [1.54, 1.807) is 13.0 Å². The minimum absolute atomic E-state index is 0.0473. The summed E-state index contributed by atoms with van der Waals surface area (Å²) in [5.74, 6) is 0.512. The Balaban J connectivity index is 1.90. The van der Waals surface area contributed by atoms with E-state index in [1.165, 1.54) is 12.1 Å². The number of furan rings is 1. The van der Waals surface area contributed by atoms with Crippen LogP contribution in [0.15, 0.2) is 58.0 Å². The summed E-state index contributed by atoms with van der Waals surface area (Å²) in [6, 6.07) is 12.5. The van der Waals surface area contributed by atoms with Gasteiger partial charge in [0.15, 0.2) is 5.76 Å². The standard InChI is InChI=1S/C16H12N4O5/c1-10(16-8-11-4-2-3-5-15(11)25-16)17-18-13-7-6-12(19(21)22)9-14(13)20(23)24/h2-9,18H,1H3/b17-10+. The molecule has 0 aliphatic carbocycles. The fraction of sp³-hybridized carbons (Fsp3) is 0.0625. The van der Waals surface area contributed by atoms with Crippen LogP contribution >= 0.6 is 0 Å². The smallest absolute Gasteiger partial charge is 0.301 e. The Morgan fingerprint density at radius 3 is 2.52 bits per heavy atom. The molecule has 9 heteroatoms. The minimum Gasteiger partial charge on any atom is -0.455 e. The lowest BCUT2D eigenvalue weighted by Gasteiger charge is -2.03. The second kappa shape index (κ2) is 6.40. The SMILES string of the molecule is C/C(=N\Nc1ccc([N+](=O)[O-])cc1[N+](=O)[O-])c1cc2ccccc2o1. The number of para-hydroxylation sites is 1. The van der Waals surface area contributed by atoms with Crippen LogP contribution in [0.4, 0.5) is 17.1 Å². The van der Waals surface area contributed by atoms with Gasteiger partial charge in [0, 0.05) is 11.5 Å². The largest absolute Gasteiger partial charge is 0.455 e. The van der Waals surface area contributed by atoms with Crippen LogP contribution in [0.25, 0.3) is 11.0 Å². The van der Waals surface area contributed by atoms with Crippen molar-refractivity contribution in [2.75, 3.05) is 5.43 Å². The first-order valence-electron chi connectivity index (χ1n) is 7.18. The fourth-order valence-corrected chi connectivity index (χ4v) is 2.24. The van der Waals surface area contributed by atoms with Crippen LogP contribution in [0.1, 0.15) is 12.7 Å². The molecule has 1 N–H and O–H groups in total. The van der Waals surface area contributed by atoms with E-state index in [0.717, 1.165) is 11.5 Å². The topological polar surface area (TPSA) is 124 Å². The summed E-state index contributed by atoms with van der Waals surface area (Å²) >= 11 is 0. The Bertz CT molecular complexity index is 976. The lowest BCUT2D eigenvalue weighted by atomic mass is 10.2. The molecule has 1 aromatic heterocycles. The average Bonchev–Trinajstić information content (AvgIpc) is 3.03. The number of hydrazone groups is 1. The average molecular weight is 340 g/mol. The molecule has 1 heterocycles. The third-order valence-electron chi connectivity index (χ3n) is 3.52. The summed E-state index contributed by atoms with van der Waals surface area (Å²) in [4.78, 5) is 20.4. The van der Waals surface area contributed by atoms with Crippen LogP contribution in [-0.4, -0.2) is 15.6 Å². The molecule has 0 aliphatic heterocycles. The van der Waals surface area contributed by atoms with Crippen molar-refractivity contribution in [3.05, 3.63) is 74.5 Å². The molecule has 0 unspecified atom stereocenters. The zero-order valence-corrected chi connectivity index (χ0v) is 13.0. The molecule has 25 heavy (non-hydrogen) atoms. The number of non-ortho nitro benzene ring substituents is 1. The van der Waals surface area contributed by atoms with Crippen molar-refractivity contribution >= 4 is 33.7 Å². The number of nitro groups is 2. The summed E-state index contributed by atoms with van der Waals surface area (Å²) < 4.78 is 5.65. The van der Waals surface area contributed by atoms with E-state index in [1.807, 2.05) is 24.3 Å². The van der Waals surface area contributed by atoms with E-state index < -0.39 is 15.5 Å². The Hall–Kier alpha value is -3.75. The molecule has 3 rings (SSSR count). The molecule has 0 bridgehead atoms. The maximum atomic E-state index is 11.1. The highest BCUT2D eigenvalue weighted by Gasteiger charge is 2.19. The molecule has 3 aromatic rings. The molecule has 0 saturated carbocycles.